The van der Waals surface area contributed by atoms with Gasteiger partial charge in [-0.25, -0.2) is 0 Å². The molecule has 0 aromatic heterocycles. The van der Waals surface area contributed by atoms with Crippen LogP contribution in [0.25, 0.3) is 0 Å². The average molecular weight is 130 g/mol. The molecule has 2 N–H and O–H groups in total. The van der Waals surface area contributed by atoms with E-state index in [1.807, 2.05) is 7.05 Å². The summed E-state index contributed by atoms with van der Waals surface area (Å²) in [6.07, 6.45) is 1.55. The van der Waals surface area contributed by atoms with Crippen molar-refractivity contribution in [3.63, 3.8) is 0 Å². The number of ether oxygens (including phenoxy) is 1. The van der Waals surface area contributed by atoms with Crippen LogP contribution in [0.4, 0.5) is 0 Å². The lowest BCUT2D eigenvalue weighted by molar-refractivity contribution is 0.00936. The minimum absolute atomic E-state index is 0.427. The van der Waals surface area contributed by atoms with Crippen LogP contribution in [0.1, 0.15) is 6.42 Å². The zero-order chi connectivity index (χ0) is 6.53. The summed E-state index contributed by atoms with van der Waals surface area (Å²) in [7, 11) is 1.95. The molecule has 1 aliphatic rings. The maximum atomic E-state index is 5.34. The third kappa shape index (κ3) is 2.30. The van der Waals surface area contributed by atoms with Gasteiger partial charge in [0.1, 0.15) is 0 Å². The highest BCUT2D eigenvalue weighted by Gasteiger charge is 2.10. The van der Waals surface area contributed by atoms with Crippen molar-refractivity contribution < 1.29 is 4.74 Å². The van der Waals surface area contributed by atoms with Gasteiger partial charge < -0.3 is 10.1 Å². The summed E-state index contributed by atoms with van der Waals surface area (Å²) in [5.41, 5.74) is 0. The highest BCUT2D eigenvalue weighted by Crippen LogP contribution is 1.99. The van der Waals surface area contributed by atoms with Gasteiger partial charge in [0.05, 0.1) is 12.8 Å². The summed E-state index contributed by atoms with van der Waals surface area (Å²) in [6.45, 7) is 2.78. The molecule has 1 saturated heterocycles. The molecule has 1 unspecified atom stereocenters. The van der Waals surface area contributed by atoms with E-state index in [4.69, 9.17) is 4.74 Å². The molecular weight excluding hydrogens is 116 g/mol. The predicted molar refractivity (Wildman–Crippen MR) is 36.3 cm³/mol. The van der Waals surface area contributed by atoms with Gasteiger partial charge in [-0.15, -0.1) is 0 Å². The van der Waals surface area contributed by atoms with E-state index in [2.05, 4.69) is 10.6 Å². The van der Waals surface area contributed by atoms with E-state index in [1.165, 1.54) is 0 Å². The minimum Gasteiger partial charge on any atom is -0.362 e. The number of likely N-dealkylation sites (N-methyl/N-ethyl adjacent to an activating group) is 1. The Morgan fingerprint density at radius 1 is 1.78 bits per heavy atom. The molecule has 0 saturated carbocycles. The first kappa shape index (κ1) is 6.99. The smallest absolute Gasteiger partial charge is 0.0969 e. The van der Waals surface area contributed by atoms with Gasteiger partial charge in [-0.05, 0) is 20.0 Å². The summed E-state index contributed by atoms with van der Waals surface area (Å²) in [4.78, 5) is 0. The number of hydrogen-bond donors (Lipinski definition) is 2. The molecule has 1 aliphatic heterocycles. The van der Waals surface area contributed by atoms with E-state index in [0.717, 1.165) is 19.5 Å². The van der Waals surface area contributed by atoms with Gasteiger partial charge in [0.15, 0.2) is 0 Å². The van der Waals surface area contributed by atoms with Crippen molar-refractivity contribution in [3.8, 4) is 0 Å². The highest BCUT2D eigenvalue weighted by molar-refractivity contribution is 4.64. The summed E-state index contributed by atoms with van der Waals surface area (Å²) in [5.74, 6) is 0. The fraction of sp³-hybridized carbons (Fsp3) is 1.00. The lowest BCUT2D eigenvalue weighted by Gasteiger charge is -2.22. The first-order chi connectivity index (χ1) is 4.43. The Labute approximate surface area is 55.8 Å². The van der Waals surface area contributed by atoms with Crippen molar-refractivity contribution in [1.82, 2.24) is 10.6 Å². The second-order valence-electron chi connectivity index (χ2n) is 2.28. The van der Waals surface area contributed by atoms with Crippen molar-refractivity contribution in [2.24, 2.45) is 0 Å². The molecule has 1 fully saturated rings. The molecule has 0 aromatic carbocycles. The second-order valence-corrected chi connectivity index (χ2v) is 2.28. The van der Waals surface area contributed by atoms with Crippen LogP contribution < -0.4 is 10.6 Å². The molecule has 3 nitrogen and oxygen atoms in total. The predicted octanol–water partition coefficient (Wildman–Crippen LogP) is -0.458. The third-order valence-corrected chi connectivity index (χ3v) is 1.50. The molecule has 0 bridgehead atoms. The molecule has 0 amide bonds. The lowest BCUT2D eigenvalue weighted by atomic mass is 10.2. The Morgan fingerprint density at radius 2 is 2.67 bits per heavy atom. The van der Waals surface area contributed by atoms with E-state index in [0.29, 0.717) is 12.8 Å². The van der Waals surface area contributed by atoms with Crippen molar-refractivity contribution in [2.45, 2.75) is 12.5 Å². The minimum atomic E-state index is 0.427. The van der Waals surface area contributed by atoms with Crippen LogP contribution in [-0.4, -0.2) is 33.0 Å². The monoisotopic (exact) mass is 130 g/mol. The van der Waals surface area contributed by atoms with E-state index < -0.39 is 0 Å². The standard InChI is InChI=1S/C6H14N2O/c1-7-4-6-2-3-8-5-9-6/h6-8H,2-5H2,1H3. The summed E-state index contributed by atoms with van der Waals surface area (Å²) in [6, 6.07) is 0. The Hall–Kier alpha value is -0.120. The molecule has 3 heteroatoms. The SMILES string of the molecule is CNCC1CCNCO1. The normalized spacial score (nSPS) is 28.3. The van der Waals surface area contributed by atoms with Gasteiger partial charge >= 0.3 is 0 Å². The first-order valence-electron chi connectivity index (χ1n) is 3.40. The molecule has 1 heterocycles. The molecule has 0 aromatic rings. The Morgan fingerprint density at radius 3 is 3.22 bits per heavy atom. The highest BCUT2D eigenvalue weighted by atomic mass is 16.5. The number of rotatable bonds is 2. The van der Waals surface area contributed by atoms with Crippen molar-refractivity contribution in [2.75, 3.05) is 26.9 Å². The lowest BCUT2D eigenvalue weighted by Crippen LogP contribution is -2.38. The van der Waals surface area contributed by atoms with Crippen LogP contribution in [0.3, 0.4) is 0 Å². The largest absolute Gasteiger partial charge is 0.362 e. The van der Waals surface area contributed by atoms with Gasteiger partial charge in [0.25, 0.3) is 0 Å². The first-order valence-corrected chi connectivity index (χ1v) is 3.40. The maximum Gasteiger partial charge on any atom is 0.0969 e. The fourth-order valence-corrected chi connectivity index (χ4v) is 0.984. The number of nitrogens with one attached hydrogen (secondary N) is 2. The average Bonchev–Trinajstić information content (AvgIpc) is 1.91. The maximum absolute atomic E-state index is 5.34. The van der Waals surface area contributed by atoms with Crippen LogP contribution >= 0.6 is 0 Å². The summed E-state index contributed by atoms with van der Waals surface area (Å²) < 4.78 is 5.34. The molecule has 9 heavy (non-hydrogen) atoms. The molecule has 0 aliphatic carbocycles. The third-order valence-electron chi connectivity index (χ3n) is 1.50. The molecule has 0 radical (unpaired) electrons. The van der Waals surface area contributed by atoms with E-state index in [1.54, 1.807) is 0 Å². The molecular formula is C6H14N2O. The zero-order valence-corrected chi connectivity index (χ0v) is 5.81. The Balaban J connectivity index is 2.08. The Bertz CT molecular complexity index is 68.7. The van der Waals surface area contributed by atoms with Crippen LogP contribution in [0.15, 0.2) is 0 Å². The van der Waals surface area contributed by atoms with Gasteiger partial charge in [0, 0.05) is 6.54 Å². The molecule has 1 rings (SSSR count). The Kier molecular flexibility index (Phi) is 2.97. The zero-order valence-electron chi connectivity index (χ0n) is 5.81. The van der Waals surface area contributed by atoms with Gasteiger partial charge in [-0.3, -0.25) is 5.32 Å². The van der Waals surface area contributed by atoms with Crippen molar-refractivity contribution in [1.29, 1.82) is 0 Å². The van der Waals surface area contributed by atoms with Crippen LogP contribution in [-0.2, 0) is 4.74 Å². The summed E-state index contributed by atoms with van der Waals surface area (Å²) in [5, 5.41) is 6.21. The van der Waals surface area contributed by atoms with Crippen LogP contribution in [0, 0.1) is 0 Å². The van der Waals surface area contributed by atoms with Gasteiger partial charge in [-0.1, -0.05) is 0 Å². The molecule has 54 valence electrons. The fourth-order valence-electron chi connectivity index (χ4n) is 0.984. The van der Waals surface area contributed by atoms with E-state index >= 15 is 0 Å². The second kappa shape index (κ2) is 3.82. The van der Waals surface area contributed by atoms with Gasteiger partial charge in [0.2, 0.25) is 0 Å². The van der Waals surface area contributed by atoms with Crippen LogP contribution in [0.5, 0.6) is 0 Å². The van der Waals surface area contributed by atoms with Crippen molar-refractivity contribution >= 4 is 0 Å². The molecule has 0 spiro atoms. The van der Waals surface area contributed by atoms with Gasteiger partial charge in [-0.2, -0.15) is 0 Å². The topological polar surface area (TPSA) is 33.3 Å². The quantitative estimate of drug-likeness (QED) is 0.531. The summed E-state index contributed by atoms with van der Waals surface area (Å²) >= 11 is 0. The number of hydrogen-bond acceptors (Lipinski definition) is 3. The molecule has 1 atom stereocenters. The van der Waals surface area contributed by atoms with Crippen molar-refractivity contribution in [3.05, 3.63) is 0 Å². The van der Waals surface area contributed by atoms with E-state index in [-0.39, 0.29) is 0 Å². The van der Waals surface area contributed by atoms with Crippen LogP contribution in [0.2, 0.25) is 0 Å². The van der Waals surface area contributed by atoms with E-state index in [9.17, 15) is 0 Å².